The summed E-state index contributed by atoms with van der Waals surface area (Å²) in [5.74, 6) is -0.143. The van der Waals surface area contributed by atoms with Crippen LogP contribution in [-0.2, 0) is 6.54 Å². The Balaban J connectivity index is 1.17. The zero-order valence-corrected chi connectivity index (χ0v) is 23.4. The molecule has 190 valence electrons. The third-order valence-corrected chi connectivity index (χ3v) is 13.2. The average molecular weight is 526 g/mol. The zero-order valence-electron chi connectivity index (χ0n) is 21.6. The number of rotatable bonds is 7. The van der Waals surface area contributed by atoms with Gasteiger partial charge in [0, 0.05) is 17.0 Å². The first-order chi connectivity index (χ1) is 17.9. The van der Waals surface area contributed by atoms with Crippen LogP contribution in [0.2, 0.25) is 18.6 Å². The molecule has 4 nitrogen and oxygen atoms in total. The topological polar surface area (TPSA) is 58.4 Å². The van der Waals surface area contributed by atoms with E-state index in [1.54, 1.807) is 16.5 Å². The Bertz CT molecular complexity index is 1330. The highest BCUT2D eigenvalue weighted by molar-refractivity contribution is 7.13. The van der Waals surface area contributed by atoms with E-state index in [0.29, 0.717) is 16.9 Å². The van der Waals surface area contributed by atoms with Gasteiger partial charge >= 0.3 is 0 Å². The van der Waals surface area contributed by atoms with Gasteiger partial charge in [-0.2, -0.15) is 0 Å². The minimum Gasteiger partial charge on any atom is -0.397 e. The van der Waals surface area contributed by atoms with Crippen molar-refractivity contribution >= 4 is 41.9 Å². The predicted octanol–water partition coefficient (Wildman–Crippen LogP) is 6.83. The van der Waals surface area contributed by atoms with E-state index in [0.717, 1.165) is 35.6 Å². The van der Waals surface area contributed by atoms with Crippen molar-refractivity contribution in [3.63, 3.8) is 0 Å². The standard InChI is InChI=1S/C31H35N3OSSi/c1-37(2,26-7-4-3-5-8-26)27-16-18-34(19-17-27)22-23-10-12-24(13-11-23)31(35)33-29-21-25(14-15-28(29)32)30-9-6-20-36-30/h3-15,20-21,27H,16-19,22,32H2,1-2H3,(H,33,35). The van der Waals surface area contributed by atoms with Crippen molar-refractivity contribution in [2.75, 3.05) is 24.1 Å². The predicted molar refractivity (Wildman–Crippen MR) is 160 cm³/mol. The second-order valence-electron chi connectivity index (χ2n) is 10.6. The maximum Gasteiger partial charge on any atom is 0.255 e. The van der Waals surface area contributed by atoms with Gasteiger partial charge in [-0.25, -0.2) is 0 Å². The summed E-state index contributed by atoms with van der Waals surface area (Å²) >= 11 is 1.67. The fraction of sp³-hybridized carbons (Fsp3) is 0.258. The van der Waals surface area contributed by atoms with Crippen molar-refractivity contribution in [2.45, 2.75) is 38.0 Å². The van der Waals surface area contributed by atoms with Crippen LogP contribution in [0.5, 0.6) is 0 Å². The van der Waals surface area contributed by atoms with Crippen LogP contribution in [0.1, 0.15) is 28.8 Å². The highest BCUT2D eigenvalue weighted by atomic mass is 32.1. The lowest BCUT2D eigenvalue weighted by Crippen LogP contribution is -2.49. The summed E-state index contributed by atoms with van der Waals surface area (Å²) in [6, 6.07) is 29.0. The molecule has 4 aromatic rings. The molecular formula is C31H35N3OSSi. The van der Waals surface area contributed by atoms with Crippen molar-refractivity contribution in [1.82, 2.24) is 4.90 Å². The van der Waals surface area contributed by atoms with Gasteiger partial charge in [0.15, 0.2) is 0 Å². The molecule has 1 saturated heterocycles. The van der Waals surface area contributed by atoms with Crippen LogP contribution < -0.4 is 16.2 Å². The molecule has 0 saturated carbocycles. The average Bonchev–Trinajstić information content (AvgIpc) is 3.46. The number of anilines is 2. The Morgan fingerprint density at radius 2 is 1.70 bits per heavy atom. The lowest BCUT2D eigenvalue weighted by atomic mass is 10.1. The molecule has 3 aromatic carbocycles. The molecule has 2 heterocycles. The number of piperidine rings is 1. The monoisotopic (exact) mass is 525 g/mol. The van der Waals surface area contributed by atoms with E-state index in [2.05, 4.69) is 71.8 Å². The number of hydrogen-bond acceptors (Lipinski definition) is 4. The van der Waals surface area contributed by atoms with Crippen LogP contribution in [0.25, 0.3) is 10.4 Å². The SMILES string of the molecule is C[Si](C)(c1ccccc1)C1CCN(Cc2ccc(C(=O)Nc3cc(-c4cccs4)ccc3N)cc2)CC1. The number of hydrogen-bond donors (Lipinski definition) is 2. The molecule has 1 aliphatic rings. The van der Waals surface area contributed by atoms with Gasteiger partial charge in [0.2, 0.25) is 0 Å². The molecule has 1 aliphatic heterocycles. The highest BCUT2D eigenvalue weighted by Gasteiger charge is 2.35. The third-order valence-electron chi connectivity index (χ3n) is 7.86. The number of carbonyl (C=O) groups excluding carboxylic acids is 1. The molecule has 37 heavy (non-hydrogen) atoms. The van der Waals surface area contributed by atoms with Crippen LogP contribution in [0.15, 0.2) is 90.3 Å². The number of carbonyl (C=O) groups is 1. The zero-order chi connectivity index (χ0) is 25.8. The summed E-state index contributed by atoms with van der Waals surface area (Å²) in [6.45, 7) is 8.25. The van der Waals surface area contributed by atoms with Crippen molar-refractivity contribution in [3.05, 3.63) is 101 Å². The van der Waals surface area contributed by atoms with Crippen LogP contribution >= 0.6 is 11.3 Å². The quantitative estimate of drug-likeness (QED) is 0.205. The third kappa shape index (κ3) is 5.87. The number of nitrogen functional groups attached to an aromatic ring is 1. The molecule has 1 amide bonds. The van der Waals surface area contributed by atoms with E-state index in [-0.39, 0.29) is 5.91 Å². The molecule has 6 heteroatoms. The maximum absolute atomic E-state index is 12.9. The fourth-order valence-electron chi connectivity index (χ4n) is 5.39. The second kappa shape index (κ2) is 11.0. The first kappa shape index (κ1) is 25.5. The number of nitrogens with zero attached hydrogens (tertiary/aromatic N) is 1. The molecule has 0 radical (unpaired) electrons. The molecule has 0 spiro atoms. The van der Waals surface area contributed by atoms with E-state index < -0.39 is 8.07 Å². The van der Waals surface area contributed by atoms with Crippen molar-refractivity contribution in [3.8, 4) is 10.4 Å². The van der Waals surface area contributed by atoms with Crippen molar-refractivity contribution in [1.29, 1.82) is 0 Å². The van der Waals surface area contributed by atoms with Gasteiger partial charge in [0.25, 0.3) is 5.91 Å². The van der Waals surface area contributed by atoms with E-state index in [1.165, 1.54) is 18.4 Å². The molecular weight excluding hydrogens is 491 g/mol. The van der Waals surface area contributed by atoms with Crippen LogP contribution in [-0.4, -0.2) is 32.0 Å². The summed E-state index contributed by atoms with van der Waals surface area (Å²) < 4.78 is 0. The van der Waals surface area contributed by atoms with Crippen molar-refractivity contribution in [2.24, 2.45) is 0 Å². The van der Waals surface area contributed by atoms with Gasteiger partial charge in [-0.15, -0.1) is 11.3 Å². The lowest BCUT2D eigenvalue weighted by molar-refractivity contribution is 0.102. The van der Waals surface area contributed by atoms with Crippen LogP contribution in [0, 0.1) is 0 Å². The van der Waals surface area contributed by atoms with Crippen molar-refractivity contribution < 1.29 is 4.79 Å². The fourth-order valence-corrected chi connectivity index (χ4v) is 9.34. The summed E-state index contributed by atoms with van der Waals surface area (Å²) in [7, 11) is -1.46. The van der Waals surface area contributed by atoms with E-state index >= 15 is 0 Å². The second-order valence-corrected chi connectivity index (χ2v) is 16.4. The molecule has 0 bridgehead atoms. The van der Waals surface area contributed by atoms with E-state index in [4.69, 9.17) is 5.73 Å². The number of amides is 1. The molecule has 0 atom stereocenters. The summed E-state index contributed by atoms with van der Waals surface area (Å²) in [5, 5.41) is 6.61. The van der Waals surface area contributed by atoms with Gasteiger partial charge in [0.05, 0.1) is 19.4 Å². The smallest absolute Gasteiger partial charge is 0.255 e. The number of nitrogens with two attached hydrogens (primary N) is 1. The highest BCUT2D eigenvalue weighted by Crippen LogP contribution is 2.33. The number of nitrogens with one attached hydrogen (secondary N) is 1. The number of benzene rings is 3. The normalized spacial score (nSPS) is 15.0. The van der Waals surface area contributed by atoms with Crippen LogP contribution in [0.3, 0.4) is 0 Å². The Morgan fingerprint density at radius 3 is 2.38 bits per heavy atom. The van der Waals surface area contributed by atoms with Crippen LogP contribution in [0.4, 0.5) is 11.4 Å². The molecule has 0 aliphatic carbocycles. The summed E-state index contributed by atoms with van der Waals surface area (Å²) in [4.78, 5) is 16.6. The molecule has 1 fully saturated rings. The minimum absolute atomic E-state index is 0.143. The van der Waals surface area contributed by atoms with Gasteiger partial charge < -0.3 is 11.1 Å². The Morgan fingerprint density at radius 1 is 0.973 bits per heavy atom. The summed E-state index contributed by atoms with van der Waals surface area (Å²) in [6.07, 6.45) is 2.53. The van der Waals surface area contributed by atoms with E-state index in [9.17, 15) is 4.79 Å². The summed E-state index contributed by atoms with van der Waals surface area (Å²) in [5.41, 5.74) is 11.1. The first-order valence-corrected chi connectivity index (χ1v) is 17.0. The maximum atomic E-state index is 12.9. The Hall–Kier alpha value is -3.19. The molecule has 0 unspecified atom stereocenters. The Labute approximate surface area is 225 Å². The Kier molecular flexibility index (Phi) is 7.60. The largest absolute Gasteiger partial charge is 0.397 e. The molecule has 5 rings (SSSR count). The van der Waals surface area contributed by atoms with Gasteiger partial charge in [-0.05, 0) is 78.3 Å². The first-order valence-electron chi connectivity index (χ1n) is 13.0. The minimum atomic E-state index is -1.46. The van der Waals surface area contributed by atoms with Gasteiger partial charge in [0.1, 0.15) is 0 Å². The molecule has 1 aromatic heterocycles. The lowest BCUT2D eigenvalue weighted by Gasteiger charge is -2.40. The van der Waals surface area contributed by atoms with E-state index in [1.807, 2.05) is 41.8 Å². The number of likely N-dealkylation sites (tertiary alicyclic amines) is 1. The van der Waals surface area contributed by atoms with Gasteiger partial charge in [-0.3, -0.25) is 9.69 Å². The molecule has 3 N–H and O–H groups in total. The number of thiophene rings is 1. The van der Waals surface area contributed by atoms with Gasteiger partial charge in [-0.1, -0.05) is 72.9 Å².